The van der Waals surface area contributed by atoms with Gasteiger partial charge in [0.15, 0.2) is 0 Å². The van der Waals surface area contributed by atoms with E-state index in [-0.39, 0.29) is 5.41 Å². The molecule has 1 aliphatic carbocycles. The molecule has 0 heterocycles. The molecule has 0 aliphatic heterocycles. The van der Waals surface area contributed by atoms with E-state index >= 15 is 0 Å². The van der Waals surface area contributed by atoms with Crippen LogP contribution in [0.4, 0.5) is 0 Å². The van der Waals surface area contributed by atoms with E-state index in [0.29, 0.717) is 5.78 Å². The smallest absolute Gasteiger partial charge is 0.143 e. The summed E-state index contributed by atoms with van der Waals surface area (Å²) >= 11 is 0. The molecule has 1 aliphatic rings. The molecule has 2 rings (SSSR count). The molecule has 0 spiro atoms. The van der Waals surface area contributed by atoms with Crippen LogP contribution >= 0.6 is 0 Å². The van der Waals surface area contributed by atoms with E-state index < -0.39 is 0 Å². The molecule has 3 nitrogen and oxygen atoms in total. The molecule has 0 saturated heterocycles. The van der Waals surface area contributed by atoms with Crippen molar-refractivity contribution in [2.75, 3.05) is 27.7 Å². The highest BCUT2D eigenvalue weighted by molar-refractivity contribution is 5.92. The number of hydrogen-bond acceptors (Lipinski definition) is 3. The molecule has 104 valence electrons. The first kappa shape index (κ1) is 14.1. The zero-order valence-corrected chi connectivity index (χ0v) is 12.1. The van der Waals surface area contributed by atoms with Crippen molar-refractivity contribution >= 4 is 5.78 Å². The Morgan fingerprint density at radius 3 is 2.42 bits per heavy atom. The van der Waals surface area contributed by atoms with Gasteiger partial charge in [0.2, 0.25) is 0 Å². The maximum atomic E-state index is 12.4. The first-order chi connectivity index (χ1) is 9.08. The predicted molar refractivity (Wildman–Crippen MR) is 76.7 cm³/mol. The van der Waals surface area contributed by atoms with Gasteiger partial charge >= 0.3 is 0 Å². The second-order valence-electron chi connectivity index (χ2n) is 5.64. The summed E-state index contributed by atoms with van der Waals surface area (Å²) in [5.74, 6) is 1.25. The van der Waals surface area contributed by atoms with Crippen LogP contribution in [-0.2, 0) is 10.2 Å². The van der Waals surface area contributed by atoms with Crippen molar-refractivity contribution in [1.82, 2.24) is 4.90 Å². The number of benzene rings is 1. The molecule has 0 aromatic heterocycles. The minimum Gasteiger partial charge on any atom is -0.497 e. The fourth-order valence-corrected chi connectivity index (χ4v) is 2.97. The lowest BCUT2D eigenvalue weighted by Crippen LogP contribution is -2.34. The Labute approximate surface area is 115 Å². The zero-order valence-electron chi connectivity index (χ0n) is 12.1. The number of ether oxygens (including phenoxy) is 1. The number of methoxy groups -OCH3 is 1. The Balaban J connectivity index is 2.28. The largest absolute Gasteiger partial charge is 0.497 e. The molecule has 1 fully saturated rings. The Kier molecular flexibility index (Phi) is 4.25. The van der Waals surface area contributed by atoms with Crippen molar-refractivity contribution in [1.29, 1.82) is 0 Å². The van der Waals surface area contributed by atoms with Gasteiger partial charge in [0.25, 0.3) is 0 Å². The third-order valence-electron chi connectivity index (χ3n) is 4.17. The maximum absolute atomic E-state index is 12.4. The topological polar surface area (TPSA) is 29.5 Å². The third-order valence-corrected chi connectivity index (χ3v) is 4.17. The average Bonchev–Trinajstić information content (AvgIpc) is 2.79. The molecule has 1 aromatic carbocycles. The van der Waals surface area contributed by atoms with Crippen molar-refractivity contribution in [3.8, 4) is 5.75 Å². The first-order valence-corrected chi connectivity index (χ1v) is 6.91. The van der Waals surface area contributed by atoms with Crippen molar-refractivity contribution in [3.05, 3.63) is 29.8 Å². The number of hydrogen-bond donors (Lipinski definition) is 0. The van der Waals surface area contributed by atoms with Gasteiger partial charge in [-0.2, -0.15) is 0 Å². The molecule has 0 N–H and O–H groups in total. The van der Waals surface area contributed by atoms with Crippen LogP contribution in [0.3, 0.4) is 0 Å². The lowest BCUT2D eigenvalue weighted by molar-refractivity contribution is -0.122. The van der Waals surface area contributed by atoms with Crippen LogP contribution in [0.1, 0.15) is 31.2 Å². The molecule has 0 bridgehead atoms. The molecule has 19 heavy (non-hydrogen) atoms. The highest BCUT2D eigenvalue weighted by Crippen LogP contribution is 2.41. The minimum absolute atomic E-state index is 0.267. The van der Waals surface area contributed by atoms with Gasteiger partial charge in [-0.1, -0.05) is 12.1 Å². The second-order valence-corrected chi connectivity index (χ2v) is 5.64. The van der Waals surface area contributed by atoms with Gasteiger partial charge in [-0.15, -0.1) is 0 Å². The van der Waals surface area contributed by atoms with E-state index in [4.69, 9.17) is 4.74 Å². The lowest BCUT2D eigenvalue weighted by atomic mass is 9.75. The van der Waals surface area contributed by atoms with Gasteiger partial charge in [-0.3, -0.25) is 4.79 Å². The number of rotatable bonds is 5. The van der Waals surface area contributed by atoms with E-state index in [9.17, 15) is 4.79 Å². The molecule has 0 radical (unpaired) electrons. The second kappa shape index (κ2) is 5.74. The van der Waals surface area contributed by atoms with Crippen LogP contribution in [0.5, 0.6) is 5.75 Å². The van der Waals surface area contributed by atoms with Crippen molar-refractivity contribution in [2.24, 2.45) is 0 Å². The minimum atomic E-state index is -0.267. The fraction of sp³-hybridized carbons (Fsp3) is 0.562. The van der Waals surface area contributed by atoms with Gasteiger partial charge in [0, 0.05) is 6.42 Å². The Bertz CT molecular complexity index is 439. The lowest BCUT2D eigenvalue weighted by Gasteiger charge is -2.29. The van der Waals surface area contributed by atoms with E-state index in [1.165, 1.54) is 0 Å². The molecular weight excluding hydrogens is 238 g/mol. The average molecular weight is 261 g/mol. The summed E-state index contributed by atoms with van der Waals surface area (Å²) in [5, 5.41) is 0. The third kappa shape index (κ3) is 2.81. The fourth-order valence-electron chi connectivity index (χ4n) is 2.97. The maximum Gasteiger partial charge on any atom is 0.143 e. The summed E-state index contributed by atoms with van der Waals surface area (Å²) in [6.07, 6.45) is 3.62. The summed E-state index contributed by atoms with van der Waals surface area (Å²) in [6.45, 7) is 0.942. The summed E-state index contributed by atoms with van der Waals surface area (Å²) in [6, 6.07) is 8.02. The molecule has 1 atom stereocenters. The summed E-state index contributed by atoms with van der Waals surface area (Å²) in [4.78, 5) is 14.6. The van der Waals surface area contributed by atoms with Crippen LogP contribution in [-0.4, -0.2) is 38.4 Å². The standard InChI is InChI=1S/C16H23NO2/c1-17(2)12-11-16(10-4-5-15(16)18)13-6-8-14(19-3)9-7-13/h6-9H,4-5,10-12H2,1-3H3. The van der Waals surface area contributed by atoms with Crippen LogP contribution in [0.25, 0.3) is 0 Å². The SMILES string of the molecule is COc1ccc(C2(CCN(C)C)CCCC2=O)cc1. The van der Waals surface area contributed by atoms with E-state index in [1.807, 2.05) is 12.1 Å². The number of carbonyl (C=O) groups is 1. The number of ketones is 1. The van der Waals surface area contributed by atoms with Gasteiger partial charge in [0.1, 0.15) is 11.5 Å². The summed E-state index contributed by atoms with van der Waals surface area (Å²) in [7, 11) is 5.78. The number of nitrogens with zero attached hydrogens (tertiary/aromatic N) is 1. The summed E-state index contributed by atoms with van der Waals surface area (Å²) < 4.78 is 5.20. The van der Waals surface area contributed by atoms with Crippen LogP contribution in [0, 0.1) is 0 Å². The molecule has 3 heteroatoms. The number of carbonyl (C=O) groups excluding carboxylic acids is 1. The number of Topliss-reactive ketones (excluding diaryl/α,β-unsaturated/α-hetero) is 1. The Morgan fingerprint density at radius 1 is 1.26 bits per heavy atom. The predicted octanol–water partition coefficient (Wildman–Crippen LogP) is 2.64. The summed E-state index contributed by atoms with van der Waals surface area (Å²) in [5.41, 5.74) is 0.883. The van der Waals surface area contributed by atoms with Crippen molar-refractivity contribution < 1.29 is 9.53 Å². The van der Waals surface area contributed by atoms with Crippen LogP contribution in [0.2, 0.25) is 0 Å². The van der Waals surface area contributed by atoms with Crippen LogP contribution in [0.15, 0.2) is 24.3 Å². The molecule has 0 amide bonds. The molecule has 1 unspecified atom stereocenters. The Hall–Kier alpha value is -1.35. The van der Waals surface area contributed by atoms with Gasteiger partial charge in [-0.05, 0) is 57.6 Å². The molecule has 1 saturated carbocycles. The quantitative estimate of drug-likeness (QED) is 0.816. The van der Waals surface area contributed by atoms with Crippen molar-refractivity contribution in [3.63, 3.8) is 0 Å². The van der Waals surface area contributed by atoms with Crippen molar-refractivity contribution in [2.45, 2.75) is 31.1 Å². The van der Waals surface area contributed by atoms with E-state index in [2.05, 4.69) is 31.1 Å². The highest BCUT2D eigenvalue weighted by atomic mass is 16.5. The van der Waals surface area contributed by atoms with Crippen LogP contribution < -0.4 is 4.74 Å². The Morgan fingerprint density at radius 2 is 1.95 bits per heavy atom. The molecular formula is C16H23NO2. The van der Waals surface area contributed by atoms with Gasteiger partial charge < -0.3 is 9.64 Å². The van der Waals surface area contributed by atoms with E-state index in [1.54, 1.807) is 7.11 Å². The molecule has 1 aromatic rings. The monoisotopic (exact) mass is 261 g/mol. The van der Waals surface area contributed by atoms with Gasteiger partial charge in [-0.25, -0.2) is 0 Å². The normalized spacial score (nSPS) is 23.1. The first-order valence-electron chi connectivity index (χ1n) is 6.91. The highest BCUT2D eigenvalue weighted by Gasteiger charge is 2.42. The van der Waals surface area contributed by atoms with E-state index in [0.717, 1.165) is 43.5 Å². The zero-order chi connectivity index (χ0) is 13.9. The van der Waals surface area contributed by atoms with Gasteiger partial charge in [0.05, 0.1) is 12.5 Å².